The molecular formula is C21H13ClFNO2S2. The maximum atomic E-state index is 14.1. The van der Waals surface area contributed by atoms with Crippen LogP contribution in [-0.2, 0) is 16.1 Å². The summed E-state index contributed by atoms with van der Waals surface area (Å²) in [4.78, 5) is 29.1. The quantitative estimate of drug-likeness (QED) is 0.494. The second-order valence-electron chi connectivity index (χ2n) is 6.03. The Balaban J connectivity index is 1.71. The van der Waals surface area contributed by atoms with E-state index in [1.54, 1.807) is 48.5 Å². The number of amides is 2. The summed E-state index contributed by atoms with van der Waals surface area (Å²) in [6.07, 6.45) is 0. The van der Waals surface area contributed by atoms with Crippen LogP contribution in [0.4, 0.5) is 4.39 Å². The average Bonchev–Trinajstić information content (AvgIpc) is 3.28. The predicted molar refractivity (Wildman–Crippen MR) is 111 cm³/mol. The van der Waals surface area contributed by atoms with Crippen molar-refractivity contribution in [2.45, 2.75) is 11.4 Å². The average molecular weight is 430 g/mol. The second-order valence-corrected chi connectivity index (χ2v) is 8.49. The molecule has 4 rings (SSSR count). The zero-order valence-corrected chi connectivity index (χ0v) is 16.8. The molecule has 1 aromatic heterocycles. The standard InChI is InChI=1S/C21H13ClFNO2S2/c22-14-7-9-15(10-8-14)28-19-18(17-6-3-11-27-17)20(25)24(21(19)26)12-13-4-1-2-5-16(13)23/h1-11H,12H2. The molecule has 0 saturated heterocycles. The van der Waals surface area contributed by atoms with Crippen molar-refractivity contribution in [2.75, 3.05) is 0 Å². The van der Waals surface area contributed by atoms with E-state index in [2.05, 4.69) is 0 Å². The van der Waals surface area contributed by atoms with E-state index in [1.807, 2.05) is 11.4 Å². The van der Waals surface area contributed by atoms with Crippen LogP contribution in [0.1, 0.15) is 10.4 Å². The van der Waals surface area contributed by atoms with Gasteiger partial charge in [0.05, 0.1) is 17.0 Å². The van der Waals surface area contributed by atoms with Crippen LogP contribution in [0.3, 0.4) is 0 Å². The van der Waals surface area contributed by atoms with Crippen LogP contribution in [0.5, 0.6) is 0 Å². The number of thiophene rings is 1. The highest BCUT2D eigenvalue weighted by Crippen LogP contribution is 2.41. The Morgan fingerprint density at radius 3 is 2.39 bits per heavy atom. The number of hydrogen-bond donors (Lipinski definition) is 0. The maximum absolute atomic E-state index is 14.1. The molecule has 1 aliphatic heterocycles. The van der Waals surface area contributed by atoms with Gasteiger partial charge in [-0.05, 0) is 41.8 Å². The van der Waals surface area contributed by atoms with E-state index in [9.17, 15) is 14.0 Å². The normalized spacial score (nSPS) is 14.3. The number of carbonyl (C=O) groups is 2. The molecule has 0 fully saturated rings. The molecule has 0 bridgehead atoms. The zero-order valence-electron chi connectivity index (χ0n) is 14.4. The molecule has 0 atom stereocenters. The number of hydrogen-bond acceptors (Lipinski definition) is 4. The number of imide groups is 1. The molecule has 3 nitrogen and oxygen atoms in total. The predicted octanol–water partition coefficient (Wildman–Crippen LogP) is 5.61. The van der Waals surface area contributed by atoms with Gasteiger partial charge in [-0.25, -0.2) is 4.39 Å². The number of nitrogens with zero attached hydrogens (tertiary/aromatic N) is 1. The third-order valence-electron chi connectivity index (χ3n) is 4.21. The second kappa shape index (κ2) is 7.91. The molecular weight excluding hydrogens is 417 g/mol. The van der Waals surface area contributed by atoms with Crippen LogP contribution >= 0.6 is 34.7 Å². The smallest absolute Gasteiger partial charge is 0.268 e. The minimum atomic E-state index is -0.445. The summed E-state index contributed by atoms with van der Waals surface area (Å²) in [5.41, 5.74) is 0.656. The number of halogens is 2. The molecule has 0 aliphatic carbocycles. The molecule has 0 radical (unpaired) electrons. The molecule has 0 spiro atoms. The van der Waals surface area contributed by atoms with Gasteiger partial charge in [0.25, 0.3) is 11.8 Å². The lowest BCUT2D eigenvalue weighted by molar-refractivity contribution is -0.137. The van der Waals surface area contributed by atoms with Crippen LogP contribution < -0.4 is 0 Å². The minimum Gasteiger partial charge on any atom is -0.269 e. The first kappa shape index (κ1) is 18.9. The summed E-state index contributed by atoms with van der Waals surface area (Å²) in [7, 11) is 0. The van der Waals surface area contributed by atoms with E-state index in [4.69, 9.17) is 11.6 Å². The van der Waals surface area contributed by atoms with Gasteiger partial charge < -0.3 is 0 Å². The first-order valence-corrected chi connectivity index (χ1v) is 10.4. The van der Waals surface area contributed by atoms with E-state index >= 15 is 0 Å². The SMILES string of the molecule is O=C1C(Sc2ccc(Cl)cc2)=C(c2cccs2)C(=O)N1Cc1ccccc1F. The van der Waals surface area contributed by atoms with E-state index in [0.29, 0.717) is 25.9 Å². The number of thioether (sulfide) groups is 1. The Labute approximate surface area is 174 Å². The highest BCUT2D eigenvalue weighted by Gasteiger charge is 2.40. The molecule has 0 unspecified atom stereocenters. The fourth-order valence-electron chi connectivity index (χ4n) is 2.85. The Kier molecular flexibility index (Phi) is 5.35. The summed E-state index contributed by atoms with van der Waals surface area (Å²) in [6.45, 7) is -0.107. The van der Waals surface area contributed by atoms with Crippen LogP contribution in [0.25, 0.3) is 5.57 Å². The Bertz CT molecular complexity index is 1080. The van der Waals surface area contributed by atoms with Gasteiger partial charge in [-0.3, -0.25) is 14.5 Å². The van der Waals surface area contributed by atoms with Crippen LogP contribution in [-0.4, -0.2) is 16.7 Å². The lowest BCUT2D eigenvalue weighted by Crippen LogP contribution is -2.31. The lowest BCUT2D eigenvalue weighted by atomic mass is 10.2. The highest BCUT2D eigenvalue weighted by atomic mass is 35.5. The van der Waals surface area contributed by atoms with Crippen LogP contribution in [0.15, 0.2) is 75.8 Å². The van der Waals surface area contributed by atoms with Crippen molar-refractivity contribution >= 4 is 52.1 Å². The molecule has 3 aromatic rings. The highest BCUT2D eigenvalue weighted by molar-refractivity contribution is 8.04. The van der Waals surface area contributed by atoms with Crippen molar-refractivity contribution in [3.8, 4) is 0 Å². The van der Waals surface area contributed by atoms with Gasteiger partial charge in [0.2, 0.25) is 0 Å². The summed E-state index contributed by atoms with van der Waals surface area (Å²) < 4.78 is 14.1. The molecule has 2 heterocycles. The van der Waals surface area contributed by atoms with E-state index < -0.39 is 17.6 Å². The van der Waals surface area contributed by atoms with Gasteiger partial charge in [0, 0.05) is 20.4 Å². The van der Waals surface area contributed by atoms with Crippen molar-refractivity contribution in [2.24, 2.45) is 0 Å². The molecule has 140 valence electrons. The van der Waals surface area contributed by atoms with Gasteiger partial charge in [-0.2, -0.15) is 0 Å². The third-order valence-corrected chi connectivity index (χ3v) is 6.44. The van der Waals surface area contributed by atoms with Crippen molar-refractivity contribution in [3.05, 3.63) is 92.2 Å². The van der Waals surface area contributed by atoms with Gasteiger partial charge in [-0.1, -0.05) is 47.6 Å². The third kappa shape index (κ3) is 3.63. The number of benzene rings is 2. The maximum Gasteiger partial charge on any atom is 0.268 e. The lowest BCUT2D eigenvalue weighted by Gasteiger charge is -2.15. The van der Waals surface area contributed by atoms with Gasteiger partial charge >= 0.3 is 0 Å². The van der Waals surface area contributed by atoms with Crippen molar-refractivity contribution in [3.63, 3.8) is 0 Å². The monoisotopic (exact) mass is 429 g/mol. The zero-order chi connectivity index (χ0) is 19.7. The summed E-state index contributed by atoms with van der Waals surface area (Å²) in [5, 5.41) is 2.44. The molecule has 0 saturated carbocycles. The first-order chi connectivity index (χ1) is 13.5. The number of carbonyl (C=O) groups excluding carboxylic acids is 2. The van der Waals surface area contributed by atoms with Crippen LogP contribution in [0, 0.1) is 5.82 Å². The molecule has 2 amide bonds. The van der Waals surface area contributed by atoms with E-state index in [0.717, 1.165) is 9.80 Å². The Morgan fingerprint density at radius 2 is 1.71 bits per heavy atom. The Morgan fingerprint density at radius 1 is 0.964 bits per heavy atom. The van der Waals surface area contributed by atoms with E-state index in [1.165, 1.54) is 29.2 Å². The molecule has 28 heavy (non-hydrogen) atoms. The summed E-state index contributed by atoms with van der Waals surface area (Å²) in [6, 6.07) is 16.8. The minimum absolute atomic E-state index is 0.107. The summed E-state index contributed by atoms with van der Waals surface area (Å²) in [5.74, 6) is -1.27. The van der Waals surface area contributed by atoms with Gasteiger partial charge in [-0.15, -0.1) is 11.3 Å². The van der Waals surface area contributed by atoms with Crippen molar-refractivity contribution in [1.29, 1.82) is 0 Å². The van der Waals surface area contributed by atoms with Crippen LogP contribution in [0.2, 0.25) is 5.02 Å². The Hall–Kier alpha value is -2.41. The summed E-state index contributed by atoms with van der Waals surface area (Å²) >= 11 is 8.54. The molecule has 0 N–H and O–H groups in total. The topological polar surface area (TPSA) is 37.4 Å². The van der Waals surface area contributed by atoms with Gasteiger partial charge in [0.1, 0.15) is 5.82 Å². The van der Waals surface area contributed by atoms with Crippen molar-refractivity contribution < 1.29 is 14.0 Å². The van der Waals surface area contributed by atoms with E-state index in [-0.39, 0.29) is 6.54 Å². The molecule has 1 aliphatic rings. The molecule has 7 heteroatoms. The largest absolute Gasteiger partial charge is 0.269 e. The fourth-order valence-corrected chi connectivity index (χ4v) is 4.81. The number of rotatable bonds is 5. The fraction of sp³-hybridized carbons (Fsp3) is 0.0476. The van der Waals surface area contributed by atoms with Gasteiger partial charge in [0.15, 0.2) is 0 Å². The molecule has 2 aromatic carbocycles. The first-order valence-electron chi connectivity index (χ1n) is 8.36. The van der Waals surface area contributed by atoms with Crippen molar-refractivity contribution in [1.82, 2.24) is 4.90 Å².